The van der Waals surface area contributed by atoms with E-state index in [1.54, 1.807) is 128 Å². The minimum atomic E-state index is -4.20. The number of hydrogen-bond acceptors (Lipinski definition) is 10. The highest BCUT2D eigenvalue weighted by atomic mass is 32.2. The fraction of sp³-hybridized carbons (Fsp3) is 0.184. The highest BCUT2D eigenvalue weighted by molar-refractivity contribution is 7.86. The van der Waals surface area contributed by atoms with Gasteiger partial charge >= 0.3 is 0 Å². The van der Waals surface area contributed by atoms with Gasteiger partial charge in [-0.15, -0.1) is 0 Å². The summed E-state index contributed by atoms with van der Waals surface area (Å²) in [6, 6.07) is 36.6. The van der Waals surface area contributed by atoms with Crippen molar-refractivity contribution in [1.29, 1.82) is 5.26 Å². The van der Waals surface area contributed by atoms with Gasteiger partial charge in [0.15, 0.2) is 23.4 Å². The van der Waals surface area contributed by atoms with Crippen molar-refractivity contribution in [1.82, 2.24) is 0 Å². The molecule has 0 N–H and O–H groups in total. The van der Waals surface area contributed by atoms with Gasteiger partial charge in [-0.05, 0) is 52.6 Å². The number of rotatable bonds is 9. The van der Waals surface area contributed by atoms with E-state index in [9.17, 15) is 22.1 Å². The van der Waals surface area contributed by atoms with Gasteiger partial charge < -0.3 is 14.2 Å². The molecule has 0 aliphatic carbocycles. The topological polar surface area (TPSA) is 138 Å². The van der Waals surface area contributed by atoms with E-state index in [-0.39, 0.29) is 11.5 Å². The maximum atomic E-state index is 13.3. The predicted octanol–water partition coefficient (Wildman–Crippen LogP) is 6.27. The van der Waals surface area contributed by atoms with Crippen LogP contribution in [-0.2, 0) is 39.8 Å². The zero-order valence-corrected chi connectivity index (χ0v) is 28.8. The molecule has 0 radical (unpaired) electrons. The van der Waals surface area contributed by atoms with E-state index < -0.39 is 43.6 Å². The minimum Gasteiger partial charge on any atom is -0.497 e. The van der Waals surface area contributed by atoms with Crippen molar-refractivity contribution in [3.05, 3.63) is 160 Å². The summed E-state index contributed by atoms with van der Waals surface area (Å²) in [6.45, 7) is 0. The predicted molar refractivity (Wildman–Crippen MR) is 184 cm³/mol. The van der Waals surface area contributed by atoms with Crippen LogP contribution >= 0.6 is 0 Å². The van der Waals surface area contributed by atoms with Gasteiger partial charge in [0.05, 0.1) is 31.3 Å². The Hall–Kier alpha value is -5.19. The van der Waals surface area contributed by atoms with E-state index in [1.807, 2.05) is 0 Å². The SMILES string of the molecule is COc1ccc(C2Oc3cc4c(cc3C2(OS(C)(=O)=O)c2ccccc2)C(OS(C)(=O)=O)(c2ccccc2)C(c2ccc(C#N)cc2)O4)cc1. The summed E-state index contributed by atoms with van der Waals surface area (Å²) in [5, 5.41) is 9.46. The molecule has 0 fully saturated rings. The van der Waals surface area contributed by atoms with Crippen molar-refractivity contribution in [3.63, 3.8) is 0 Å². The molecule has 10 nitrogen and oxygen atoms in total. The molecule has 12 heteroatoms. The second-order valence-corrected chi connectivity index (χ2v) is 15.3. The summed E-state index contributed by atoms with van der Waals surface area (Å²) in [5.74, 6) is 1.10. The van der Waals surface area contributed by atoms with Gasteiger partial charge in [-0.25, -0.2) is 8.37 Å². The van der Waals surface area contributed by atoms with Gasteiger partial charge in [-0.1, -0.05) is 84.9 Å². The molecule has 0 saturated carbocycles. The van der Waals surface area contributed by atoms with Crippen LogP contribution in [0, 0.1) is 11.3 Å². The lowest BCUT2D eigenvalue weighted by atomic mass is 9.76. The summed E-state index contributed by atoms with van der Waals surface area (Å²) in [6.07, 6.45) is -0.161. The summed E-state index contributed by atoms with van der Waals surface area (Å²) in [5.41, 5.74) is -0.512. The number of nitrogens with zero attached hydrogens (tertiary/aromatic N) is 1. The average molecular weight is 710 g/mol. The molecule has 5 aromatic carbocycles. The first-order chi connectivity index (χ1) is 23.9. The maximum absolute atomic E-state index is 13.3. The number of methoxy groups -OCH3 is 1. The average Bonchev–Trinajstić information content (AvgIpc) is 3.59. The zero-order chi connectivity index (χ0) is 35.3. The van der Waals surface area contributed by atoms with Crippen LogP contribution in [0.3, 0.4) is 0 Å². The van der Waals surface area contributed by atoms with E-state index in [0.717, 1.165) is 12.5 Å². The van der Waals surface area contributed by atoms with Crippen LogP contribution in [0.5, 0.6) is 17.2 Å². The summed E-state index contributed by atoms with van der Waals surface area (Å²) in [7, 11) is -6.84. The van der Waals surface area contributed by atoms with Gasteiger partial charge in [0.1, 0.15) is 17.2 Å². The molecule has 0 bridgehead atoms. The molecule has 5 aromatic rings. The van der Waals surface area contributed by atoms with E-state index in [0.29, 0.717) is 44.7 Å². The van der Waals surface area contributed by atoms with E-state index in [1.165, 1.54) is 0 Å². The Morgan fingerprint density at radius 1 is 0.620 bits per heavy atom. The third kappa shape index (κ3) is 5.68. The smallest absolute Gasteiger partial charge is 0.265 e. The van der Waals surface area contributed by atoms with Crippen LogP contribution in [0.1, 0.15) is 51.2 Å². The fourth-order valence-electron chi connectivity index (χ4n) is 6.89. The molecule has 0 saturated heterocycles. The summed E-state index contributed by atoms with van der Waals surface area (Å²) < 4.78 is 84.0. The molecule has 2 heterocycles. The lowest BCUT2D eigenvalue weighted by molar-refractivity contribution is 0.0165. The first-order valence-electron chi connectivity index (χ1n) is 15.5. The van der Waals surface area contributed by atoms with Crippen molar-refractivity contribution in [3.8, 4) is 23.3 Å². The van der Waals surface area contributed by atoms with Crippen LogP contribution in [0.2, 0.25) is 0 Å². The van der Waals surface area contributed by atoms with E-state index in [4.69, 9.17) is 22.6 Å². The third-order valence-corrected chi connectivity index (χ3v) is 9.97. The fourth-order valence-corrected chi connectivity index (χ4v) is 8.39. The summed E-state index contributed by atoms with van der Waals surface area (Å²) in [4.78, 5) is 0. The first kappa shape index (κ1) is 33.3. The Kier molecular flexibility index (Phi) is 8.19. The molecule has 2 aliphatic heterocycles. The highest BCUT2D eigenvalue weighted by Gasteiger charge is 2.60. The van der Waals surface area contributed by atoms with E-state index in [2.05, 4.69) is 6.07 Å². The largest absolute Gasteiger partial charge is 0.497 e. The van der Waals surface area contributed by atoms with Crippen LogP contribution in [-0.4, -0.2) is 36.5 Å². The Morgan fingerprint density at radius 2 is 1.04 bits per heavy atom. The van der Waals surface area contributed by atoms with Crippen LogP contribution in [0.4, 0.5) is 0 Å². The molecule has 4 unspecified atom stereocenters. The van der Waals surface area contributed by atoms with Crippen LogP contribution in [0.25, 0.3) is 0 Å². The van der Waals surface area contributed by atoms with Gasteiger partial charge in [0.25, 0.3) is 20.2 Å². The lowest BCUT2D eigenvalue weighted by Crippen LogP contribution is -2.39. The van der Waals surface area contributed by atoms with Gasteiger partial charge in [0.2, 0.25) is 0 Å². The Balaban J connectivity index is 1.55. The first-order valence-corrected chi connectivity index (χ1v) is 19.1. The van der Waals surface area contributed by atoms with Crippen LogP contribution < -0.4 is 14.2 Å². The van der Waals surface area contributed by atoms with Crippen molar-refractivity contribution < 1.29 is 39.4 Å². The molecule has 50 heavy (non-hydrogen) atoms. The molecule has 7 rings (SSSR count). The monoisotopic (exact) mass is 709 g/mol. The van der Waals surface area contributed by atoms with Crippen molar-refractivity contribution in [2.24, 2.45) is 0 Å². The third-order valence-electron chi connectivity index (χ3n) is 8.84. The van der Waals surface area contributed by atoms with Crippen molar-refractivity contribution in [2.75, 3.05) is 19.6 Å². The molecular weight excluding hydrogens is 679 g/mol. The number of nitriles is 1. The van der Waals surface area contributed by atoms with Gasteiger partial charge in [-0.3, -0.25) is 0 Å². The van der Waals surface area contributed by atoms with E-state index >= 15 is 0 Å². The standard InChI is InChI=1S/C38H31NO9S2/c1-44-30-20-18-27(19-21-30)36-38(48-50(3,42)43,29-12-8-5-9-13-29)32-22-31-33(23-34(32)46-36)45-35(26-16-14-25(24-39)15-17-26)37(31,47-49(2,40)41)28-10-6-4-7-11-28/h4-23,35-36H,1-3H3. The molecule has 0 aromatic heterocycles. The lowest BCUT2D eigenvalue weighted by Gasteiger charge is -2.35. The minimum absolute atomic E-state index is 0.252. The van der Waals surface area contributed by atoms with Gasteiger partial charge in [-0.2, -0.15) is 22.1 Å². The molecule has 4 atom stereocenters. The molecule has 254 valence electrons. The second kappa shape index (κ2) is 12.3. The number of ether oxygens (including phenoxy) is 3. The van der Waals surface area contributed by atoms with Crippen LogP contribution in [0.15, 0.2) is 121 Å². The zero-order valence-electron chi connectivity index (χ0n) is 27.1. The Morgan fingerprint density at radius 3 is 1.42 bits per heavy atom. The number of fused-ring (bicyclic) bond motifs is 2. The van der Waals surface area contributed by atoms with Gasteiger partial charge in [0, 0.05) is 17.2 Å². The molecular formula is C38H31NO9S2. The Labute approximate surface area is 290 Å². The quantitative estimate of drug-likeness (QED) is 0.161. The molecule has 0 amide bonds. The molecule has 2 aliphatic rings. The summed E-state index contributed by atoms with van der Waals surface area (Å²) >= 11 is 0. The number of benzene rings is 5. The normalized spacial score (nSPS) is 22.4. The Bertz CT molecular complexity index is 2330. The van der Waals surface area contributed by atoms with Crippen molar-refractivity contribution >= 4 is 20.2 Å². The maximum Gasteiger partial charge on any atom is 0.265 e. The van der Waals surface area contributed by atoms with Crippen molar-refractivity contribution in [2.45, 2.75) is 23.4 Å². The molecule has 0 spiro atoms. The number of hydrogen-bond donors (Lipinski definition) is 0. The second-order valence-electron chi connectivity index (χ2n) is 12.1. The highest BCUT2D eigenvalue weighted by Crippen LogP contribution is 2.62.